The van der Waals surface area contributed by atoms with Gasteiger partial charge in [-0.1, -0.05) is 18.2 Å². The third-order valence-corrected chi connectivity index (χ3v) is 6.04. The Hall–Kier alpha value is -2.41. The van der Waals surface area contributed by atoms with Gasteiger partial charge in [-0.2, -0.15) is 5.26 Å². The van der Waals surface area contributed by atoms with E-state index in [0.717, 1.165) is 37.4 Å². The van der Waals surface area contributed by atoms with Gasteiger partial charge in [0.2, 0.25) is 5.95 Å². The highest BCUT2D eigenvalue weighted by atomic mass is 15.3. The van der Waals surface area contributed by atoms with Gasteiger partial charge in [-0.25, -0.2) is 9.97 Å². The number of anilines is 1. The van der Waals surface area contributed by atoms with Crippen molar-refractivity contribution in [2.24, 2.45) is 5.92 Å². The Balaban J connectivity index is 1.57. The molecular weight excluding hydrogens is 308 g/mol. The molecule has 2 fully saturated rings. The maximum Gasteiger partial charge on any atom is 0.226 e. The predicted molar refractivity (Wildman–Crippen MR) is 97.4 cm³/mol. The summed E-state index contributed by atoms with van der Waals surface area (Å²) in [5, 5.41) is 9.13. The van der Waals surface area contributed by atoms with E-state index in [1.165, 1.54) is 35.2 Å². The summed E-state index contributed by atoms with van der Waals surface area (Å²) in [7, 11) is 0. The van der Waals surface area contributed by atoms with E-state index in [4.69, 9.17) is 15.2 Å². The van der Waals surface area contributed by atoms with Crippen LogP contribution in [0.5, 0.6) is 0 Å². The highest BCUT2D eigenvalue weighted by Gasteiger charge is 2.38. The lowest BCUT2D eigenvalue weighted by Gasteiger charge is -2.39. The van der Waals surface area contributed by atoms with Crippen molar-refractivity contribution in [3.8, 4) is 17.3 Å². The van der Waals surface area contributed by atoms with Crippen molar-refractivity contribution in [2.45, 2.75) is 51.0 Å². The maximum absolute atomic E-state index is 9.13. The van der Waals surface area contributed by atoms with Crippen molar-refractivity contribution >= 4 is 5.95 Å². The fraction of sp³-hybridized carbons (Fsp3) is 0.476. The van der Waals surface area contributed by atoms with E-state index in [1.54, 1.807) is 0 Å². The molecule has 2 heterocycles. The molecule has 0 spiro atoms. The molecule has 1 aliphatic heterocycles. The summed E-state index contributed by atoms with van der Waals surface area (Å²) in [5.41, 5.74) is 6.17. The molecule has 1 aromatic carbocycles. The molecule has 5 rings (SSSR count). The van der Waals surface area contributed by atoms with E-state index >= 15 is 0 Å². The molecule has 4 nitrogen and oxygen atoms in total. The van der Waals surface area contributed by atoms with E-state index < -0.39 is 0 Å². The number of rotatable bonds is 3. The highest BCUT2D eigenvalue weighted by molar-refractivity contribution is 5.67. The zero-order valence-electron chi connectivity index (χ0n) is 14.6. The van der Waals surface area contributed by atoms with Gasteiger partial charge < -0.3 is 4.90 Å². The van der Waals surface area contributed by atoms with Crippen LogP contribution >= 0.6 is 0 Å². The second-order valence-corrected chi connectivity index (χ2v) is 7.69. The van der Waals surface area contributed by atoms with Gasteiger partial charge in [0, 0.05) is 35.3 Å². The number of nitrogens with zero attached hydrogens (tertiary/aromatic N) is 4. The minimum atomic E-state index is 0.198. The van der Waals surface area contributed by atoms with Crippen molar-refractivity contribution in [1.29, 1.82) is 5.26 Å². The molecule has 2 aliphatic carbocycles. The van der Waals surface area contributed by atoms with Crippen molar-refractivity contribution in [3.05, 3.63) is 41.1 Å². The smallest absolute Gasteiger partial charge is 0.226 e. The van der Waals surface area contributed by atoms with Crippen LogP contribution in [0, 0.1) is 17.2 Å². The fourth-order valence-electron chi connectivity index (χ4n) is 4.22. The van der Waals surface area contributed by atoms with Crippen LogP contribution in [0.4, 0.5) is 5.95 Å². The zero-order valence-corrected chi connectivity index (χ0v) is 14.6. The van der Waals surface area contributed by atoms with Crippen LogP contribution < -0.4 is 4.90 Å². The summed E-state index contributed by atoms with van der Waals surface area (Å²) in [6.07, 6.45) is 5.55. The Morgan fingerprint density at radius 2 is 2.16 bits per heavy atom. The summed E-state index contributed by atoms with van der Waals surface area (Å²) in [6, 6.07) is 11.6. The maximum atomic E-state index is 9.13. The molecule has 0 bridgehead atoms. The summed E-state index contributed by atoms with van der Waals surface area (Å²) >= 11 is 0. The summed E-state index contributed by atoms with van der Waals surface area (Å²) < 4.78 is 0. The van der Waals surface area contributed by atoms with E-state index in [0.29, 0.717) is 12.0 Å². The normalized spacial score (nSPS) is 26.7. The Labute approximate surface area is 148 Å². The van der Waals surface area contributed by atoms with Gasteiger partial charge in [0.15, 0.2) is 0 Å². The largest absolute Gasteiger partial charge is 0.338 e. The number of aryl methyl sites for hydroxylation is 1. The third-order valence-electron chi connectivity index (χ3n) is 6.04. The van der Waals surface area contributed by atoms with Crippen LogP contribution in [0.2, 0.25) is 0 Å². The van der Waals surface area contributed by atoms with Crippen LogP contribution in [0.25, 0.3) is 11.3 Å². The second kappa shape index (κ2) is 5.56. The van der Waals surface area contributed by atoms with E-state index in [1.807, 2.05) is 0 Å². The van der Waals surface area contributed by atoms with Gasteiger partial charge in [-0.15, -0.1) is 0 Å². The molecule has 3 aliphatic rings. The van der Waals surface area contributed by atoms with Crippen LogP contribution in [0.3, 0.4) is 0 Å². The molecule has 0 radical (unpaired) electrons. The number of nitriles is 1. The van der Waals surface area contributed by atoms with Crippen LogP contribution in [0.15, 0.2) is 24.3 Å². The quantitative estimate of drug-likeness (QED) is 0.857. The highest BCUT2D eigenvalue weighted by Crippen LogP contribution is 2.47. The Morgan fingerprint density at radius 1 is 1.24 bits per heavy atom. The molecule has 126 valence electrons. The lowest BCUT2D eigenvalue weighted by molar-refractivity contribution is 0.470. The first-order valence-corrected chi connectivity index (χ1v) is 9.41. The van der Waals surface area contributed by atoms with Gasteiger partial charge in [-0.05, 0) is 50.7 Å². The van der Waals surface area contributed by atoms with Crippen LogP contribution in [0.1, 0.15) is 48.9 Å². The van der Waals surface area contributed by atoms with Gasteiger partial charge in [0.1, 0.15) is 0 Å². The standard InChI is InChI=1S/C21H22N4/c1-13-8-9-25(13)21-23-19-7-3-6-17(19)20(24-21)15-5-2-4-14(10-15)18-11-16(18)12-22/h2,4-5,10,13,16,18H,3,6-9,11H2,1H3/t13-,16-,18-/m0/s1. The first-order valence-electron chi connectivity index (χ1n) is 9.41. The molecule has 4 heteroatoms. The first kappa shape index (κ1) is 14.9. The minimum absolute atomic E-state index is 0.198. The van der Waals surface area contributed by atoms with Crippen LogP contribution in [-0.4, -0.2) is 22.6 Å². The monoisotopic (exact) mass is 330 g/mol. The number of hydrogen-bond donors (Lipinski definition) is 0. The van der Waals surface area contributed by atoms with Crippen molar-refractivity contribution < 1.29 is 0 Å². The Kier molecular flexibility index (Phi) is 3.31. The molecule has 25 heavy (non-hydrogen) atoms. The second-order valence-electron chi connectivity index (χ2n) is 7.69. The Bertz CT molecular complexity index is 882. The van der Waals surface area contributed by atoms with Crippen molar-refractivity contribution in [2.75, 3.05) is 11.4 Å². The molecule has 0 unspecified atom stereocenters. The van der Waals surface area contributed by atoms with Gasteiger partial charge >= 0.3 is 0 Å². The molecular formula is C21H22N4. The average Bonchev–Trinajstić information content (AvgIpc) is 3.28. The number of fused-ring (bicyclic) bond motifs is 1. The summed E-state index contributed by atoms with van der Waals surface area (Å²) in [5.74, 6) is 1.51. The van der Waals surface area contributed by atoms with Crippen molar-refractivity contribution in [3.63, 3.8) is 0 Å². The minimum Gasteiger partial charge on any atom is -0.338 e. The number of hydrogen-bond acceptors (Lipinski definition) is 4. The summed E-state index contributed by atoms with van der Waals surface area (Å²) in [4.78, 5) is 12.2. The lowest BCUT2D eigenvalue weighted by atomic mass is 10.00. The molecule has 1 saturated heterocycles. The first-order chi connectivity index (χ1) is 12.2. The number of benzene rings is 1. The van der Waals surface area contributed by atoms with Crippen molar-refractivity contribution in [1.82, 2.24) is 9.97 Å². The molecule has 2 aromatic rings. The van der Waals surface area contributed by atoms with Gasteiger partial charge in [0.05, 0.1) is 17.7 Å². The van der Waals surface area contributed by atoms with Gasteiger partial charge in [-0.3, -0.25) is 0 Å². The van der Waals surface area contributed by atoms with Gasteiger partial charge in [0.25, 0.3) is 0 Å². The average molecular weight is 330 g/mol. The lowest BCUT2D eigenvalue weighted by Crippen LogP contribution is -2.46. The number of aromatic nitrogens is 2. The molecule has 0 N–H and O–H groups in total. The molecule has 1 saturated carbocycles. The zero-order chi connectivity index (χ0) is 17.0. The summed E-state index contributed by atoms with van der Waals surface area (Å²) in [6.45, 7) is 3.31. The van der Waals surface area contributed by atoms with E-state index in [9.17, 15) is 0 Å². The fourth-order valence-corrected chi connectivity index (χ4v) is 4.22. The molecule has 1 aromatic heterocycles. The van der Waals surface area contributed by atoms with E-state index in [2.05, 4.69) is 42.2 Å². The topological polar surface area (TPSA) is 52.8 Å². The SMILES string of the molecule is C[C@H]1CCN1c1nc2c(c(-c3cccc([C@@H]4C[C@H]4C#N)c3)n1)CCC2. The third kappa shape index (κ3) is 2.41. The molecule has 0 amide bonds. The predicted octanol–water partition coefficient (Wildman–Crippen LogP) is 3.86. The Morgan fingerprint density at radius 3 is 2.88 bits per heavy atom. The van der Waals surface area contributed by atoms with E-state index in [-0.39, 0.29) is 5.92 Å². The molecule has 3 atom stereocenters. The van der Waals surface area contributed by atoms with Crippen LogP contribution in [-0.2, 0) is 12.8 Å².